The lowest BCUT2D eigenvalue weighted by Gasteiger charge is -2.23. The van der Waals surface area contributed by atoms with E-state index in [1.54, 1.807) is 62.4 Å². The molecular formula is C21H24N2O4. The van der Waals surface area contributed by atoms with Crippen LogP contribution in [-0.4, -0.2) is 24.2 Å². The Morgan fingerprint density at radius 3 is 1.70 bits per heavy atom. The maximum absolute atomic E-state index is 12.6. The molecule has 0 atom stereocenters. The number of hydrogen-bond acceptors (Lipinski definition) is 4. The van der Waals surface area contributed by atoms with Crippen LogP contribution < -0.4 is 15.4 Å². The molecule has 0 heterocycles. The first-order valence-corrected chi connectivity index (χ1v) is 8.71. The molecule has 2 amide bonds. The largest absolute Gasteiger partial charge is 0.494 e. The molecule has 0 unspecified atom stereocenters. The number of carbonyl (C=O) groups is 3. The molecule has 27 heavy (non-hydrogen) atoms. The molecule has 0 aliphatic rings. The first-order chi connectivity index (χ1) is 12.7. The van der Waals surface area contributed by atoms with Crippen LogP contribution in [0.5, 0.6) is 5.75 Å². The first kappa shape index (κ1) is 20.2. The Morgan fingerprint density at radius 2 is 1.30 bits per heavy atom. The summed E-state index contributed by atoms with van der Waals surface area (Å²) in [4.78, 5) is 36.4. The Balaban J connectivity index is 2.03. The van der Waals surface area contributed by atoms with Crippen LogP contribution in [-0.2, 0) is 9.59 Å². The van der Waals surface area contributed by atoms with Crippen LogP contribution in [0.1, 0.15) is 38.1 Å². The molecule has 2 N–H and O–H groups in total. The fraction of sp³-hybridized carbons (Fsp3) is 0.286. The number of benzene rings is 2. The Labute approximate surface area is 158 Å². The Kier molecular flexibility index (Phi) is 6.34. The summed E-state index contributed by atoms with van der Waals surface area (Å²) < 4.78 is 5.36. The summed E-state index contributed by atoms with van der Waals surface area (Å²) >= 11 is 0. The molecule has 0 saturated carbocycles. The van der Waals surface area contributed by atoms with E-state index in [0.29, 0.717) is 29.3 Å². The molecule has 2 aromatic rings. The van der Waals surface area contributed by atoms with Gasteiger partial charge in [-0.2, -0.15) is 0 Å². The van der Waals surface area contributed by atoms with Gasteiger partial charge in [-0.25, -0.2) is 0 Å². The van der Waals surface area contributed by atoms with Crippen molar-refractivity contribution in [3.8, 4) is 5.75 Å². The number of hydrogen-bond donors (Lipinski definition) is 2. The third-order valence-electron chi connectivity index (χ3n) is 4.11. The quantitative estimate of drug-likeness (QED) is 0.573. The predicted octanol–water partition coefficient (Wildman–Crippen LogP) is 3.89. The maximum Gasteiger partial charge on any atom is 0.239 e. The number of nitrogens with one attached hydrogen (secondary N) is 2. The Morgan fingerprint density at radius 1 is 0.852 bits per heavy atom. The average molecular weight is 368 g/mol. The highest BCUT2D eigenvalue weighted by atomic mass is 16.5. The molecular weight excluding hydrogens is 344 g/mol. The summed E-state index contributed by atoms with van der Waals surface area (Å²) in [6, 6.07) is 13.5. The molecule has 2 aromatic carbocycles. The average Bonchev–Trinajstić information content (AvgIpc) is 2.63. The highest BCUT2D eigenvalue weighted by Gasteiger charge is 2.36. The molecule has 0 saturated heterocycles. The van der Waals surface area contributed by atoms with Crippen molar-refractivity contribution in [2.75, 3.05) is 17.2 Å². The Hall–Kier alpha value is -3.15. The van der Waals surface area contributed by atoms with E-state index >= 15 is 0 Å². The highest BCUT2D eigenvalue weighted by Crippen LogP contribution is 2.23. The van der Waals surface area contributed by atoms with Crippen molar-refractivity contribution in [2.24, 2.45) is 5.41 Å². The Bertz CT molecular complexity index is 824. The van der Waals surface area contributed by atoms with E-state index in [-0.39, 0.29) is 5.78 Å². The van der Waals surface area contributed by atoms with Gasteiger partial charge in [-0.15, -0.1) is 0 Å². The molecule has 6 nitrogen and oxygen atoms in total. The normalized spacial score (nSPS) is 10.8. The van der Waals surface area contributed by atoms with Crippen LogP contribution in [0.2, 0.25) is 0 Å². The van der Waals surface area contributed by atoms with E-state index in [4.69, 9.17) is 4.74 Å². The van der Waals surface area contributed by atoms with Crippen molar-refractivity contribution >= 4 is 29.0 Å². The molecule has 6 heteroatoms. The SMILES string of the molecule is CCOc1ccc(NC(=O)C(C)(C)C(=O)Nc2ccc(C(C)=O)cc2)cc1. The molecule has 0 radical (unpaired) electrons. The summed E-state index contributed by atoms with van der Waals surface area (Å²) in [7, 11) is 0. The van der Waals surface area contributed by atoms with Gasteiger partial charge in [0.15, 0.2) is 5.78 Å². The van der Waals surface area contributed by atoms with E-state index < -0.39 is 17.2 Å². The van der Waals surface area contributed by atoms with Crippen LogP contribution in [0.4, 0.5) is 11.4 Å². The van der Waals surface area contributed by atoms with Gasteiger partial charge < -0.3 is 15.4 Å². The minimum Gasteiger partial charge on any atom is -0.494 e. The van der Waals surface area contributed by atoms with Crippen LogP contribution in [0, 0.1) is 5.41 Å². The van der Waals surface area contributed by atoms with Gasteiger partial charge in [0.1, 0.15) is 11.2 Å². The lowest BCUT2D eigenvalue weighted by atomic mass is 9.90. The molecule has 0 aliphatic heterocycles. The van der Waals surface area contributed by atoms with Crippen LogP contribution in [0.25, 0.3) is 0 Å². The monoisotopic (exact) mass is 368 g/mol. The van der Waals surface area contributed by atoms with Crippen molar-refractivity contribution in [2.45, 2.75) is 27.7 Å². The molecule has 0 fully saturated rings. The fourth-order valence-corrected chi connectivity index (χ4v) is 2.27. The third-order valence-corrected chi connectivity index (χ3v) is 4.11. The van der Waals surface area contributed by atoms with Crippen LogP contribution >= 0.6 is 0 Å². The zero-order valence-electron chi connectivity index (χ0n) is 16.0. The van der Waals surface area contributed by atoms with Gasteiger partial charge in [0.05, 0.1) is 6.61 Å². The number of rotatable bonds is 7. The minimum absolute atomic E-state index is 0.0528. The molecule has 142 valence electrons. The van der Waals surface area contributed by atoms with Crippen molar-refractivity contribution in [3.63, 3.8) is 0 Å². The maximum atomic E-state index is 12.6. The number of Topliss-reactive ketones (excluding diaryl/α,β-unsaturated/α-hetero) is 1. The van der Waals surface area contributed by atoms with Gasteiger partial charge in [0, 0.05) is 16.9 Å². The minimum atomic E-state index is -1.29. The zero-order chi connectivity index (χ0) is 20.0. The van der Waals surface area contributed by atoms with Gasteiger partial charge in [-0.1, -0.05) is 0 Å². The summed E-state index contributed by atoms with van der Waals surface area (Å²) in [5.74, 6) is -0.213. The predicted molar refractivity (Wildman–Crippen MR) is 105 cm³/mol. The van der Waals surface area contributed by atoms with E-state index in [2.05, 4.69) is 10.6 Å². The van der Waals surface area contributed by atoms with Crippen LogP contribution in [0.15, 0.2) is 48.5 Å². The number of ketones is 1. The number of anilines is 2. The summed E-state index contributed by atoms with van der Waals surface area (Å²) in [6.07, 6.45) is 0. The number of carbonyl (C=O) groups excluding carboxylic acids is 3. The topological polar surface area (TPSA) is 84.5 Å². The first-order valence-electron chi connectivity index (χ1n) is 8.71. The number of ether oxygens (including phenoxy) is 1. The van der Waals surface area contributed by atoms with E-state index in [9.17, 15) is 14.4 Å². The number of amides is 2. The smallest absolute Gasteiger partial charge is 0.239 e. The van der Waals surface area contributed by atoms with E-state index in [1.807, 2.05) is 6.92 Å². The van der Waals surface area contributed by atoms with Crippen molar-refractivity contribution in [1.82, 2.24) is 0 Å². The van der Waals surface area contributed by atoms with Crippen molar-refractivity contribution in [3.05, 3.63) is 54.1 Å². The second-order valence-electron chi connectivity index (χ2n) is 6.62. The van der Waals surface area contributed by atoms with Gasteiger partial charge in [0.2, 0.25) is 11.8 Å². The van der Waals surface area contributed by atoms with Gasteiger partial charge in [0.25, 0.3) is 0 Å². The van der Waals surface area contributed by atoms with Crippen molar-refractivity contribution < 1.29 is 19.1 Å². The standard InChI is InChI=1S/C21H24N2O4/c1-5-27-18-12-10-17(11-13-18)23-20(26)21(3,4)19(25)22-16-8-6-15(7-9-16)14(2)24/h6-13H,5H2,1-4H3,(H,22,25)(H,23,26). The third kappa shape index (κ3) is 5.17. The molecule has 0 aromatic heterocycles. The summed E-state index contributed by atoms with van der Waals surface area (Å²) in [5, 5.41) is 5.45. The molecule has 0 aliphatic carbocycles. The van der Waals surface area contributed by atoms with Gasteiger partial charge in [-0.3, -0.25) is 14.4 Å². The van der Waals surface area contributed by atoms with E-state index in [0.717, 1.165) is 0 Å². The van der Waals surface area contributed by atoms with Gasteiger partial charge >= 0.3 is 0 Å². The lowest BCUT2D eigenvalue weighted by Crippen LogP contribution is -2.41. The molecule has 0 spiro atoms. The second-order valence-corrected chi connectivity index (χ2v) is 6.62. The van der Waals surface area contributed by atoms with Crippen molar-refractivity contribution in [1.29, 1.82) is 0 Å². The zero-order valence-corrected chi connectivity index (χ0v) is 16.0. The lowest BCUT2D eigenvalue weighted by molar-refractivity contribution is -0.135. The van der Waals surface area contributed by atoms with Gasteiger partial charge in [-0.05, 0) is 76.2 Å². The second kappa shape index (κ2) is 8.49. The van der Waals surface area contributed by atoms with Crippen LogP contribution in [0.3, 0.4) is 0 Å². The molecule has 2 rings (SSSR count). The molecule has 0 bridgehead atoms. The fourth-order valence-electron chi connectivity index (χ4n) is 2.27. The van der Waals surface area contributed by atoms with E-state index in [1.165, 1.54) is 6.92 Å². The summed E-state index contributed by atoms with van der Waals surface area (Å²) in [6.45, 7) is 7.03. The summed E-state index contributed by atoms with van der Waals surface area (Å²) in [5.41, 5.74) is 0.361. The highest BCUT2D eigenvalue weighted by molar-refractivity contribution is 6.14.